The Bertz CT molecular complexity index is 586. The molecular weight excluding hydrogens is 282 g/mol. The SMILES string of the molecule is COCCn1c(-c2cnc(CN(C)C)s2)n[nH]c1=S. The lowest BCUT2D eigenvalue weighted by atomic mass is 10.5. The first kappa shape index (κ1) is 14.3. The van der Waals surface area contributed by atoms with Gasteiger partial charge in [-0.1, -0.05) is 0 Å². The van der Waals surface area contributed by atoms with Crippen molar-refractivity contribution in [1.29, 1.82) is 0 Å². The van der Waals surface area contributed by atoms with Crippen molar-refractivity contribution in [2.45, 2.75) is 13.1 Å². The van der Waals surface area contributed by atoms with Crippen molar-refractivity contribution in [2.24, 2.45) is 0 Å². The van der Waals surface area contributed by atoms with E-state index < -0.39 is 0 Å². The van der Waals surface area contributed by atoms with Crippen molar-refractivity contribution in [1.82, 2.24) is 24.6 Å². The van der Waals surface area contributed by atoms with Gasteiger partial charge < -0.3 is 9.64 Å². The first-order chi connectivity index (χ1) is 9.11. The van der Waals surface area contributed by atoms with Crippen molar-refractivity contribution in [3.8, 4) is 10.7 Å². The van der Waals surface area contributed by atoms with Gasteiger partial charge in [-0.15, -0.1) is 11.3 Å². The average Bonchev–Trinajstić information content (AvgIpc) is 2.93. The molecule has 8 heteroatoms. The summed E-state index contributed by atoms with van der Waals surface area (Å²) in [6.07, 6.45) is 1.84. The van der Waals surface area contributed by atoms with E-state index in [2.05, 4.69) is 20.1 Å². The maximum absolute atomic E-state index is 5.23. The van der Waals surface area contributed by atoms with Crippen molar-refractivity contribution in [2.75, 3.05) is 27.8 Å². The minimum Gasteiger partial charge on any atom is -0.383 e. The summed E-state index contributed by atoms with van der Waals surface area (Å²) in [5.41, 5.74) is 0. The average molecular weight is 299 g/mol. The van der Waals surface area contributed by atoms with Gasteiger partial charge in [0, 0.05) is 19.9 Å². The van der Waals surface area contributed by atoms with Gasteiger partial charge in [0.25, 0.3) is 0 Å². The van der Waals surface area contributed by atoms with E-state index >= 15 is 0 Å². The smallest absolute Gasteiger partial charge is 0.195 e. The fraction of sp³-hybridized carbons (Fsp3) is 0.545. The number of rotatable bonds is 6. The zero-order valence-electron chi connectivity index (χ0n) is 11.2. The minimum absolute atomic E-state index is 0.601. The Morgan fingerprint density at radius 1 is 1.53 bits per heavy atom. The fourth-order valence-electron chi connectivity index (χ4n) is 1.65. The molecule has 0 saturated carbocycles. The van der Waals surface area contributed by atoms with E-state index in [1.807, 2.05) is 24.9 Å². The lowest BCUT2D eigenvalue weighted by Crippen LogP contribution is -2.09. The molecule has 0 fully saturated rings. The van der Waals surface area contributed by atoms with E-state index in [0.29, 0.717) is 17.9 Å². The molecule has 0 aliphatic rings. The van der Waals surface area contributed by atoms with Crippen LogP contribution in [0, 0.1) is 4.77 Å². The maximum atomic E-state index is 5.23. The number of ether oxygens (including phenoxy) is 1. The number of aromatic amines is 1. The van der Waals surface area contributed by atoms with Gasteiger partial charge in [0.05, 0.1) is 18.0 Å². The van der Waals surface area contributed by atoms with Crippen LogP contribution in [0.1, 0.15) is 5.01 Å². The van der Waals surface area contributed by atoms with Gasteiger partial charge in [-0.25, -0.2) is 4.98 Å². The fourth-order valence-corrected chi connectivity index (χ4v) is 2.91. The van der Waals surface area contributed by atoms with Crippen molar-refractivity contribution in [3.63, 3.8) is 0 Å². The Balaban J connectivity index is 2.26. The molecule has 0 aliphatic carbocycles. The van der Waals surface area contributed by atoms with Gasteiger partial charge in [-0.3, -0.25) is 9.67 Å². The second kappa shape index (κ2) is 6.38. The number of nitrogens with one attached hydrogen (secondary N) is 1. The zero-order valence-corrected chi connectivity index (χ0v) is 12.8. The topological polar surface area (TPSA) is 59.0 Å². The summed E-state index contributed by atoms with van der Waals surface area (Å²) in [6, 6.07) is 0. The van der Waals surface area contributed by atoms with Gasteiger partial charge in [-0.05, 0) is 26.3 Å². The van der Waals surface area contributed by atoms with Crippen LogP contribution in [0.3, 0.4) is 0 Å². The highest BCUT2D eigenvalue weighted by Crippen LogP contribution is 2.25. The van der Waals surface area contributed by atoms with Crippen LogP contribution in [0.5, 0.6) is 0 Å². The molecule has 0 saturated heterocycles. The predicted octanol–water partition coefficient (Wildman–Crippen LogP) is 1.77. The number of thiazole rings is 1. The number of nitrogens with zero attached hydrogens (tertiary/aromatic N) is 4. The number of methoxy groups -OCH3 is 1. The van der Waals surface area contributed by atoms with Crippen LogP contribution in [0.15, 0.2) is 6.20 Å². The molecule has 6 nitrogen and oxygen atoms in total. The summed E-state index contributed by atoms with van der Waals surface area (Å²) in [7, 11) is 5.72. The van der Waals surface area contributed by atoms with E-state index in [4.69, 9.17) is 17.0 Å². The molecule has 2 heterocycles. The third-order valence-electron chi connectivity index (χ3n) is 2.50. The quantitative estimate of drug-likeness (QED) is 0.824. The lowest BCUT2D eigenvalue weighted by Gasteiger charge is -2.05. The second-order valence-electron chi connectivity index (χ2n) is 4.35. The molecule has 0 radical (unpaired) electrons. The summed E-state index contributed by atoms with van der Waals surface area (Å²) in [6.45, 7) is 2.11. The lowest BCUT2D eigenvalue weighted by molar-refractivity contribution is 0.187. The molecule has 0 amide bonds. The summed E-state index contributed by atoms with van der Waals surface area (Å²) in [5, 5.41) is 8.16. The summed E-state index contributed by atoms with van der Waals surface area (Å²) < 4.78 is 7.63. The van der Waals surface area contributed by atoms with E-state index in [1.165, 1.54) is 0 Å². The van der Waals surface area contributed by atoms with Gasteiger partial charge >= 0.3 is 0 Å². The van der Waals surface area contributed by atoms with Crippen LogP contribution >= 0.6 is 23.6 Å². The molecule has 0 atom stereocenters. The first-order valence-electron chi connectivity index (χ1n) is 5.85. The number of aromatic nitrogens is 4. The molecule has 2 rings (SSSR count). The van der Waals surface area contributed by atoms with Gasteiger partial charge in [0.1, 0.15) is 5.01 Å². The van der Waals surface area contributed by atoms with E-state index in [0.717, 1.165) is 22.3 Å². The van der Waals surface area contributed by atoms with Crippen LogP contribution in [0.4, 0.5) is 0 Å². The highest BCUT2D eigenvalue weighted by molar-refractivity contribution is 7.71. The number of H-pyrrole nitrogens is 1. The largest absolute Gasteiger partial charge is 0.383 e. The standard InChI is InChI=1S/C11H17N5OS2/c1-15(2)7-9-12-6-8(19-9)10-13-14-11(18)16(10)4-5-17-3/h6H,4-5,7H2,1-3H3,(H,14,18). The molecule has 2 aromatic heterocycles. The third-order valence-corrected chi connectivity index (χ3v) is 3.79. The van der Waals surface area contributed by atoms with Gasteiger partial charge in [-0.2, -0.15) is 5.10 Å². The maximum Gasteiger partial charge on any atom is 0.195 e. The molecule has 0 aromatic carbocycles. The van der Waals surface area contributed by atoms with Crippen LogP contribution < -0.4 is 0 Å². The van der Waals surface area contributed by atoms with Crippen molar-refractivity contribution < 1.29 is 4.74 Å². The molecule has 0 aliphatic heterocycles. The predicted molar refractivity (Wildman–Crippen MR) is 77.8 cm³/mol. The number of hydrogen-bond acceptors (Lipinski definition) is 6. The minimum atomic E-state index is 0.601. The summed E-state index contributed by atoms with van der Waals surface area (Å²) in [5.74, 6) is 0.824. The normalized spacial score (nSPS) is 11.4. The second-order valence-corrected chi connectivity index (χ2v) is 5.85. The Morgan fingerprint density at radius 2 is 2.32 bits per heavy atom. The Labute approximate surface area is 121 Å². The first-order valence-corrected chi connectivity index (χ1v) is 7.08. The molecular formula is C11H17N5OS2. The molecule has 0 bridgehead atoms. The van der Waals surface area contributed by atoms with E-state index in [9.17, 15) is 0 Å². The molecule has 1 N–H and O–H groups in total. The van der Waals surface area contributed by atoms with Crippen molar-refractivity contribution >= 4 is 23.6 Å². The van der Waals surface area contributed by atoms with Gasteiger partial charge in [0.2, 0.25) is 0 Å². The van der Waals surface area contributed by atoms with Crippen LogP contribution in [0.25, 0.3) is 10.7 Å². The molecule has 2 aromatic rings. The Kier molecular flexibility index (Phi) is 4.81. The molecule has 0 spiro atoms. The van der Waals surface area contributed by atoms with Gasteiger partial charge in [0.15, 0.2) is 10.6 Å². The number of hydrogen-bond donors (Lipinski definition) is 1. The van der Waals surface area contributed by atoms with E-state index in [1.54, 1.807) is 18.4 Å². The molecule has 104 valence electrons. The molecule has 19 heavy (non-hydrogen) atoms. The highest BCUT2D eigenvalue weighted by Gasteiger charge is 2.12. The van der Waals surface area contributed by atoms with Crippen LogP contribution in [-0.4, -0.2) is 52.5 Å². The molecule has 0 unspecified atom stereocenters. The monoisotopic (exact) mass is 299 g/mol. The third kappa shape index (κ3) is 3.47. The van der Waals surface area contributed by atoms with E-state index in [-0.39, 0.29) is 0 Å². The summed E-state index contributed by atoms with van der Waals surface area (Å²) >= 11 is 6.86. The van der Waals surface area contributed by atoms with Crippen LogP contribution in [-0.2, 0) is 17.8 Å². The Hall–Kier alpha value is -1.09. The zero-order chi connectivity index (χ0) is 13.8. The highest BCUT2D eigenvalue weighted by atomic mass is 32.1. The van der Waals surface area contributed by atoms with Crippen LogP contribution in [0.2, 0.25) is 0 Å². The summed E-state index contributed by atoms with van der Waals surface area (Å²) in [4.78, 5) is 7.51. The Morgan fingerprint density at radius 3 is 3.00 bits per heavy atom. The van der Waals surface area contributed by atoms with Crippen molar-refractivity contribution in [3.05, 3.63) is 16.0 Å².